The summed E-state index contributed by atoms with van der Waals surface area (Å²) in [7, 11) is 0. The Hall–Kier alpha value is -1.00. The first-order chi connectivity index (χ1) is 11.6. The van der Waals surface area contributed by atoms with E-state index in [2.05, 4.69) is 13.5 Å². The lowest BCUT2D eigenvalue weighted by molar-refractivity contribution is -0.207. The van der Waals surface area contributed by atoms with Crippen LogP contribution < -0.4 is 0 Å². The van der Waals surface area contributed by atoms with Crippen molar-refractivity contribution in [2.24, 2.45) is 23.2 Å². The molecule has 0 spiro atoms. The maximum absolute atomic E-state index is 12.9. The standard InChI is InChI=1S/C20H29F3O2/c1-4-5-6-18(3,25-17(24)13(2)20(21,22)23)19-10-14-7-15(11-19)9-16(8-14)12-19/h14-16H,2,4-12H2,1,3H3. The van der Waals surface area contributed by atoms with Crippen LogP contribution >= 0.6 is 0 Å². The molecule has 1 unspecified atom stereocenters. The van der Waals surface area contributed by atoms with Gasteiger partial charge in [0.2, 0.25) is 0 Å². The van der Waals surface area contributed by atoms with E-state index in [9.17, 15) is 18.0 Å². The number of rotatable bonds is 6. The average Bonchev–Trinajstić information content (AvgIpc) is 2.49. The molecule has 2 nitrogen and oxygen atoms in total. The first kappa shape index (κ1) is 18.8. The Morgan fingerprint density at radius 3 is 2.00 bits per heavy atom. The highest BCUT2D eigenvalue weighted by molar-refractivity contribution is 5.89. The summed E-state index contributed by atoms with van der Waals surface area (Å²) in [4.78, 5) is 12.2. The van der Waals surface area contributed by atoms with E-state index >= 15 is 0 Å². The third kappa shape index (κ3) is 3.35. The van der Waals surface area contributed by atoms with Crippen molar-refractivity contribution in [2.45, 2.75) is 83.4 Å². The molecule has 0 amide bonds. The van der Waals surface area contributed by atoms with Crippen molar-refractivity contribution in [3.8, 4) is 0 Å². The predicted octanol–water partition coefficient (Wildman–Crippen LogP) is 5.81. The molecule has 142 valence electrons. The Bertz CT molecular complexity index is 516. The van der Waals surface area contributed by atoms with Gasteiger partial charge in [0, 0.05) is 5.41 Å². The number of hydrogen-bond donors (Lipinski definition) is 0. The Kier molecular flexibility index (Phi) is 4.74. The molecule has 0 aliphatic heterocycles. The van der Waals surface area contributed by atoms with Gasteiger partial charge < -0.3 is 4.74 Å². The van der Waals surface area contributed by atoms with Gasteiger partial charge >= 0.3 is 12.1 Å². The van der Waals surface area contributed by atoms with Crippen LogP contribution in [0, 0.1) is 23.2 Å². The van der Waals surface area contributed by atoms with E-state index in [1.807, 2.05) is 6.92 Å². The van der Waals surface area contributed by atoms with E-state index < -0.39 is 23.3 Å². The summed E-state index contributed by atoms with van der Waals surface area (Å²) in [5.41, 5.74) is -2.37. The maximum Gasteiger partial charge on any atom is 0.422 e. The van der Waals surface area contributed by atoms with Crippen LogP contribution in [0.1, 0.15) is 71.6 Å². The molecule has 0 heterocycles. The smallest absolute Gasteiger partial charge is 0.422 e. The van der Waals surface area contributed by atoms with Crippen LogP contribution in [-0.4, -0.2) is 17.7 Å². The monoisotopic (exact) mass is 358 g/mol. The SMILES string of the molecule is C=C(C(=O)OC(C)(CCCC)C12CC3CC(CC(C3)C1)C2)C(F)(F)F. The number of alkyl halides is 3. The lowest BCUT2D eigenvalue weighted by Crippen LogP contribution is -2.58. The van der Waals surface area contributed by atoms with Crippen molar-refractivity contribution in [1.82, 2.24) is 0 Å². The van der Waals surface area contributed by atoms with Gasteiger partial charge in [-0.15, -0.1) is 0 Å². The van der Waals surface area contributed by atoms with E-state index in [1.165, 1.54) is 19.3 Å². The fourth-order valence-corrected chi connectivity index (χ4v) is 6.08. The Morgan fingerprint density at radius 2 is 1.60 bits per heavy atom. The second-order valence-corrected chi connectivity index (χ2v) is 8.90. The fourth-order valence-electron chi connectivity index (χ4n) is 6.08. The zero-order valence-electron chi connectivity index (χ0n) is 15.3. The first-order valence-corrected chi connectivity index (χ1v) is 9.58. The van der Waals surface area contributed by atoms with Crippen molar-refractivity contribution in [2.75, 3.05) is 0 Å². The fraction of sp³-hybridized carbons (Fsp3) is 0.850. The van der Waals surface area contributed by atoms with E-state index in [1.54, 1.807) is 0 Å². The lowest BCUT2D eigenvalue weighted by Gasteiger charge is -2.62. The molecule has 4 saturated carbocycles. The highest BCUT2D eigenvalue weighted by Gasteiger charge is 2.60. The van der Waals surface area contributed by atoms with Crippen LogP contribution in [0.4, 0.5) is 13.2 Å². The van der Waals surface area contributed by atoms with Gasteiger partial charge in [0.15, 0.2) is 0 Å². The molecular formula is C20H29F3O2. The molecule has 4 aliphatic rings. The number of carbonyl (C=O) groups is 1. The normalized spacial score (nSPS) is 36.1. The average molecular weight is 358 g/mol. The van der Waals surface area contributed by atoms with Crippen LogP contribution in [0.5, 0.6) is 0 Å². The Balaban J connectivity index is 1.86. The summed E-state index contributed by atoms with van der Waals surface area (Å²) in [6, 6.07) is 0. The minimum Gasteiger partial charge on any atom is -0.455 e. The van der Waals surface area contributed by atoms with Gasteiger partial charge in [-0.25, -0.2) is 4.79 Å². The molecule has 0 N–H and O–H groups in total. The molecule has 0 radical (unpaired) electrons. The third-order valence-electron chi connectivity index (χ3n) is 7.07. The zero-order chi connectivity index (χ0) is 18.5. The number of ether oxygens (including phenoxy) is 1. The molecule has 0 aromatic heterocycles. The second kappa shape index (κ2) is 6.31. The van der Waals surface area contributed by atoms with Gasteiger partial charge in [-0.05, 0) is 76.0 Å². The molecule has 1 atom stereocenters. The van der Waals surface area contributed by atoms with E-state index in [0.29, 0.717) is 24.2 Å². The maximum atomic E-state index is 12.9. The van der Waals surface area contributed by atoms with Crippen LogP contribution in [0.25, 0.3) is 0 Å². The van der Waals surface area contributed by atoms with E-state index in [-0.39, 0.29) is 5.41 Å². The highest BCUT2D eigenvalue weighted by Crippen LogP contribution is 2.65. The number of unbranched alkanes of at least 4 members (excludes halogenated alkanes) is 1. The molecule has 4 bridgehead atoms. The zero-order valence-corrected chi connectivity index (χ0v) is 15.3. The van der Waals surface area contributed by atoms with Crippen molar-refractivity contribution in [1.29, 1.82) is 0 Å². The van der Waals surface area contributed by atoms with E-state index in [4.69, 9.17) is 4.74 Å². The van der Waals surface area contributed by atoms with Gasteiger partial charge in [0.1, 0.15) is 11.2 Å². The quantitative estimate of drug-likeness (QED) is 0.442. The lowest BCUT2D eigenvalue weighted by atomic mass is 9.45. The topological polar surface area (TPSA) is 26.3 Å². The van der Waals surface area contributed by atoms with Gasteiger partial charge in [-0.3, -0.25) is 0 Å². The molecule has 4 fully saturated rings. The summed E-state index contributed by atoms with van der Waals surface area (Å²) >= 11 is 0. The molecule has 4 aliphatic carbocycles. The molecule has 4 rings (SSSR count). The number of esters is 1. The molecule has 25 heavy (non-hydrogen) atoms. The molecular weight excluding hydrogens is 329 g/mol. The van der Waals surface area contributed by atoms with Crippen molar-refractivity contribution in [3.63, 3.8) is 0 Å². The summed E-state index contributed by atoms with van der Waals surface area (Å²) < 4.78 is 44.3. The summed E-state index contributed by atoms with van der Waals surface area (Å²) in [5.74, 6) is 0.659. The van der Waals surface area contributed by atoms with Gasteiger partial charge in [-0.2, -0.15) is 13.2 Å². The van der Waals surface area contributed by atoms with Crippen LogP contribution in [0.15, 0.2) is 12.2 Å². The minimum atomic E-state index is -4.73. The second-order valence-electron chi connectivity index (χ2n) is 8.90. The van der Waals surface area contributed by atoms with Crippen LogP contribution in [0.2, 0.25) is 0 Å². The predicted molar refractivity (Wildman–Crippen MR) is 89.8 cm³/mol. The van der Waals surface area contributed by atoms with Gasteiger partial charge in [-0.1, -0.05) is 19.9 Å². The van der Waals surface area contributed by atoms with E-state index in [0.717, 1.165) is 32.1 Å². The van der Waals surface area contributed by atoms with Gasteiger partial charge in [0.25, 0.3) is 0 Å². The van der Waals surface area contributed by atoms with Crippen molar-refractivity contribution in [3.05, 3.63) is 12.2 Å². The summed E-state index contributed by atoms with van der Waals surface area (Å²) in [6.45, 7) is 6.88. The molecule has 5 heteroatoms. The number of halogens is 3. The van der Waals surface area contributed by atoms with Crippen LogP contribution in [-0.2, 0) is 9.53 Å². The van der Waals surface area contributed by atoms with Crippen molar-refractivity contribution >= 4 is 5.97 Å². The van der Waals surface area contributed by atoms with Crippen molar-refractivity contribution < 1.29 is 22.7 Å². The number of carbonyl (C=O) groups excluding carboxylic acids is 1. The highest BCUT2D eigenvalue weighted by atomic mass is 19.4. The largest absolute Gasteiger partial charge is 0.455 e. The molecule has 0 saturated heterocycles. The van der Waals surface area contributed by atoms with Gasteiger partial charge in [0.05, 0.1) is 0 Å². The third-order valence-corrected chi connectivity index (χ3v) is 7.07. The molecule has 0 aromatic rings. The molecule has 0 aromatic carbocycles. The number of hydrogen-bond acceptors (Lipinski definition) is 2. The summed E-state index contributed by atoms with van der Waals surface area (Å²) in [5, 5.41) is 0. The Labute approximate surface area is 148 Å². The Morgan fingerprint density at radius 1 is 1.12 bits per heavy atom. The summed E-state index contributed by atoms with van der Waals surface area (Å²) in [6.07, 6.45) is 4.38. The minimum absolute atomic E-state index is 0.154. The van der Waals surface area contributed by atoms with Crippen LogP contribution in [0.3, 0.4) is 0 Å². The first-order valence-electron chi connectivity index (χ1n) is 9.58.